The van der Waals surface area contributed by atoms with Crippen molar-refractivity contribution in [3.63, 3.8) is 0 Å². The maximum absolute atomic E-state index is 12.9. The minimum atomic E-state index is -3.76. The number of nitrogens with zero attached hydrogens (tertiary/aromatic N) is 2. The van der Waals surface area contributed by atoms with E-state index in [0.29, 0.717) is 16.4 Å². The monoisotopic (exact) mass is 419 g/mol. The largest absolute Gasteiger partial charge is 0.263 e. The first-order valence-corrected chi connectivity index (χ1v) is 11.0. The number of aromatic nitrogens is 2. The number of hydrogen-bond acceptors (Lipinski definition) is 3. The molecule has 7 heteroatoms. The Hall–Kier alpha value is -2.05. The number of halogens is 1. The van der Waals surface area contributed by atoms with Crippen LogP contribution in [0.15, 0.2) is 47.4 Å². The molecule has 0 aliphatic carbocycles. The first kappa shape index (κ1) is 20.7. The predicted molar refractivity (Wildman–Crippen MR) is 115 cm³/mol. The lowest BCUT2D eigenvalue weighted by atomic mass is 9.87. The summed E-state index contributed by atoms with van der Waals surface area (Å²) in [5, 5.41) is 5.09. The zero-order chi connectivity index (χ0) is 20.9. The molecule has 3 rings (SSSR count). The van der Waals surface area contributed by atoms with Crippen molar-refractivity contribution in [1.82, 2.24) is 9.61 Å². The molecule has 0 saturated carbocycles. The van der Waals surface area contributed by atoms with E-state index in [-0.39, 0.29) is 15.7 Å². The number of rotatable bonds is 3. The van der Waals surface area contributed by atoms with E-state index in [9.17, 15) is 8.42 Å². The van der Waals surface area contributed by atoms with Gasteiger partial charge in [0.1, 0.15) is 5.82 Å². The molecule has 3 aromatic rings. The van der Waals surface area contributed by atoms with Gasteiger partial charge in [-0.15, -0.1) is 0 Å². The van der Waals surface area contributed by atoms with Gasteiger partial charge in [-0.1, -0.05) is 65.3 Å². The number of nitrogens with one attached hydrogen (secondary N) is 1. The van der Waals surface area contributed by atoms with Crippen molar-refractivity contribution < 1.29 is 8.42 Å². The summed E-state index contributed by atoms with van der Waals surface area (Å²) in [5.74, 6) is 0.342. The zero-order valence-corrected chi connectivity index (χ0v) is 18.6. The van der Waals surface area contributed by atoms with Crippen molar-refractivity contribution in [3.05, 3.63) is 58.7 Å². The van der Waals surface area contributed by atoms with Gasteiger partial charge in [0.15, 0.2) is 0 Å². The summed E-state index contributed by atoms with van der Waals surface area (Å²) < 4.78 is 30.0. The second-order valence-corrected chi connectivity index (χ2v) is 11.1. The topological polar surface area (TPSA) is 63.5 Å². The molecule has 28 heavy (non-hydrogen) atoms. The van der Waals surface area contributed by atoms with E-state index in [2.05, 4.69) is 30.6 Å². The Labute approximate surface area is 171 Å². The average molecular weight is 420 g/mol. The van der Waals surface area contributed by atoms with Gasteiger partial charge in [0.25, 0.3) is 10.0 Å². The second-order valence-electron chi connectivity index (χ2n) is 9.02. The third-order valence-corrected chi connectivity index (χ3v) is 6.30. The standard InChI is InChI=1S/C21H26ClN3O2S/c1-20(2,3)14-7-9-15(10-8-14)28(26,27)24-19-12-11-16(22)17-13-18(21(4,5)6)23-25(17)19/h7-13,24H,1-6H3. The molecule has 150 valence electrons. The smallest absolute Gasteiger partial charge is 0.263 e. The van der Waals surface area contributed by atoms with Crippen LogP contribution in [0, 0.1) is 0 Å². The van der Waals surface area contributed by atoms with Crippen LogP contribution in [0.1, 0.15) is 52.8 Å². The molecule has 1 aromatic carbocycles. The van der Waals surface area contributed by atoms with Crippen LogP contribution >= 0.6 is 11.6 Å². The normalized spacial score (nSPS) is 13.1. The quantitative estimate of drug-likeness (QED) is 0.619. The van der Waals surface area contributed by atoms with Crippen LogP contribution in [-0.4, -0.2) is 18.0 Å². The third kappa shape index (κ3) is 4.03. The molecule has 0 radical (unpaired) electrons. The maximum atomic E-state index is 12.9. The molecule has 0 bridgehead atoms. The molecule has 0 atom stereocenters. The van der Waals surface area contributed by atoms with Crippen LogP contribution in [0.5, 0.6) is 0 Å². The summed E-state index contributed by atoms with van der Waals surface area (Å²) in [6.07, 6.45) is 0. The van der Waals surface area contributed by atoms with Gasteiger partial charge in [0.2, 0.25) is 0 Å². The molecule has 0 spiro atoms. The van der Waals surface area contributed by atoms with E-state index >= 15 is 0 Å². The Morgan fingerprint density at radius 1 is 0.929 bits per heavy atom. The highest BCUT2D eigenvalue weighted by atomic mass is 35.5. The summed E-state index contributed by atoms with van der Waals surface area (Å²) >= 11 is 6.30. The molecule has 5 nitrogen and oxygen atoms in total. The number of benzene rings is 1. The van der Waals surface area contributed by atoms with Gasteiger partial charge in [-0.25, -0.2) is 12.9 Å². The summed E-state index contributed by atoms with van der Waals surface area (Å²) in [6, 6.07) is 12.1. The molecule has 0 unspecified atom stereocenters. The molecular formula is C21H26ClN3O2S. The maximum Gasteiger partial charge on any atom is 0.263 e. The van der Waals surface area contributed by atoms with E-state index in [1.54, 1.807) is 28.8 Å². The number of pyridine rings is 1. The van der Waals surface area contributed by atoms with Crippen molar-refractivity contribution >= 4 is 33.0 Å². The Morgan fingerprint density at radius 3 is 2.07 bits per heavy atom. The predicted octanol–water partition coefficient (Wildman–Crippen LogP) is 5.38. The molecule has 0 saturated heterocycles. The van der Waals surface area contributed by atoms with Crippen LogP contribution in [0.4, 0.5) is 5.82 Å². The average Bonchev–Trinajstić information content (AvgIpc) is 3.03. The van der Waals surface area contributed by atoms with E-state index in [1.165, 1.54) is 0 Å². The Bertz CT molecular complexity index is 1120. The van der Waals surface area contributed by atoms with Gasteiger partial charge < -0.3 is 0 Å². The second kappa shape index (κ2) is 6.78. The molecule has 1 N–H and O–H groups in total. The molecule has 2 aromatic heterocycles. The van der Waals surface area contributed by atoms with E-state index < -0.39 is 10.0 Å². The number of fused-ring (bicyclic) bond motifs is 1. The lowest BCUT2D eigenvalue weighted by Gasteiger charge is -2.19. The van der Waals surface area contributed by atoms with Crippen LogP contribution in [-0.2, 0) is 20.9 Å². The Kier molecular flexibility index (Phi) is 5.01. The lowest BCUT2D eigenvalue weighted by molar-refractivity contribution is 0.563. The van der Waals surface area contributed by atoms with Gasteiger partial charge in [0, 0.05) is 5.41 Å². The Morgan fingerprint density at radius 2 is 1.54 bits per heavy atom. The van der Waals surface area contributed by atoms with Crippen LogP contribution < -0.4 is 4.72 Å². The molecule has 0 amide bonds. The first-order valence-electron chi connectivity index (χ1n) is 9.11. The molecule has 2 heterocycles. The van der Waals surface area contributed by atoms with Crippen molar-refractivity contribution in [2.24, 2.45) is 0 Å². The molecule has 0 aliphatic heterocycles. The SMILES string of the molecule is CC(C)(C)c1ccc(S(=O)(=O)Nc2ccc(Cl)c3cc(C(C)(C)C)nn23)cc1. The van der Waals surface area contributed by atoms with Gasteiger partial charge in [-0.2, -0.15) is 5.10 Å². The van der Waals surface area contributed by atoms with Crippen molar-refractivity contribution in [2.45, 2.75) is 57.3 Å². The van der Waals surface area contributed by atoms with Gasteiger partial charge in [0.05, 0.1) is 21.1 Å². The van der Waals surface area contributed by atoms with E-state index in [1.807, 2.05) is 39.0 Å². The fraction of sp³-hybridized carbons (Fsp3) is 0.381. The highest BCUT2D eigenvalue weighted by molar-refractivity contribution is 7.92. The van der Waals surface area contributed by atoms with Crippen LogP contribution in [0.3, 0.4) is 0 Å². The van der Waals surface area contributed by atoms with Gasteiger partial charge in [-0.05, 0) is 41.3 Å². The lowest BCUT2D eigenvalue weighted by Crippen LogP contribution is -2.17. The number of hydrogen-bond donors (Lipinski definition) is 1. The fourth-order valence-corrected chi connectivity index (χ4v) is 4.06. The van der Waals surface area contributed by atoms with Crippen molar-refractivity contribution in [2.75, 3.05) is 4.72 Å². The first-order chi connectivity index (χ1) is 12.8. The summed E-state index contributed by atoms with van der Waals surface area (Å²) in [6.45, 7) is 12.4. The Balaban J connectivity index is 2.02. The molecule has 0 fully saturated rings. The zero-order valence-electron chi connectivity index (χ0n) is 17.0. The summed E-state index contributed by atoms with van der Waals surface area (Å²) in [7, 11) is -3.76. The molecular weight excluding hydrogens is 394 g/mol. The highest BCUT2D eigenvalue weighted by Gasteiger charge is 2.22. The fourth-order valence-electron chi connectivity index (χ4n) is 2.82. The summed E-state index contributed by atoms with van der Waals surface area (Å²) in [5.41, 5.74) is 2.33. The van der Waals surface area contributed by atoms with Crippen molar-refractivity contribution in [1.29, 1.82) is 0 Å². The minimum Gasteiger partial charge on any atom is -0.263 e. The van der Waals surface area contributed by atoms with Gasteiger partial charge in [-0.3, -0.25) is 4.72 Å². The van der Waals surface area contributed by atoms with Crippen LogP contribution in [0.2, 0.25) is 5.02 Å². The van der Waals surface area contributed by atoms with Crippen LogP contribution in [0.25, 0.3) is 5.52 Å². The van der Waals surface area contributed by atoms with Gasteiger partial charge >= 0.3 is 0 Å². The van der Waals surface area contributed by atoms with E-state index in [4.69, 9.17) is 11.6 Å². The minimum absolute atomic E-state index is 0.0452. The number of anilines is 1. The third-order valence-electron chi connectivity index (χ3n) is 4.61. The van der Waals surface area contributed by atoms with Crippen molar-refractivity contribution in [3.8, 4) is 0 Å². The number of sulfonamides is 1. The molecule has 0 aliphatic rings. The highest BCUT2D eigenvalue weighted by Crippen LogP contribution is 2.29. The summed E-state index contributed by atoms with van der Waals surface area (Å²) in [4.78, 5) is 0.201. The van der Waals surface area contributed by atoms with E-state index in [0.717, 1.165) is 11.3 Å².